The lowest BCUT2D eigenvalue weighted by Crippen LogP contribution is -2.39. The van der Waals surface area contributed by atoms with Crippen LogP contribution in [0, 0.1) is 5.92 Å². The maximum Gasteiger partial charge on any atom is 0.338 e. The van der Waals surface area contributed by atoms with E-state index in [4.69, 9.17) is 16.3 Å². The first kappa shape index (κ1) is 12.7. The number of ether oxygens (including phenoxy) is 1. The minimum absolute atomic E-state index is 0.0313. The summed E-state index contributed by atoms with van der Waals surface area (Å²) in [4.78, 5) is 12.2. The van der Waals surface area contributed by atoms with E-state index in [-0.39, 0.29) is 17.5 Å². The van der Waals surface area contributed by atoms with Crippen LogP contribution < -0.4 is 0 Å². The van der Waals surface area contributed by atoms with Crippen molar-refractivity contribution in [3.8, 4) is 0 Å². The summed E-state index contributed by atoms with van der Waals surface area (Å²) in [7, 11) is 0. The zero-order valence-electron chi connectivity index (χ0n) is 10.9. The van der Waals surface area contributed by atoms with Gasteiger partial charge in [-0.05, 0) is 25.3 Å². The average molecular weight is 277 g/mol. The summed E-state index contributed by atoms with van der Waals surface area (Å²) >= 11 is 6.18. The van der Waals surface area contributed by atoms with E-state index in [1.165, 1.54) is 0 Å². The normalized spacial score (nSPS) is 30.8. The molecular formula is C16H17ClO2. The van der Waals surface area contributed by atoms with Crippen molar-refractivity contribution in [1.82, 2.24) is 0 Å². The van der Waals surface area contributed by atoms with Crippen molar-refractivity contribution in [3.63, 3.8) is 0 Å². The highest BCUT2D eigenvalue weighted by Crippen LogP contribution is 2.41. The molecule has 0 amide bonds. The molecule has 1 aliphatic carbocycles. The predicted molar refractivity (Wildman–Crippen MR) is 75.9 cm³/mol. The van der Waals surface area contributed by atoms with Gasteiger partial charge in [0.2, 0.25) is 0 Å². The lowest BCUT2D eigenvalue weighted by molar-refractivity contribution is -0.147. The van der Waals surface area contributed by atoms with E-state index in [1.807, 2.05) is 30.3 Å². The lowest BCUT2D eigenvalue weighted by atomic mass is 9.77. The van der Waals surface area contributed by atoms with Gasteiger partial charge in [-0.2, -0.15) is 0 Å². The molecule has 1 heterocycles. The minimum atomic E-state index is -0.198. The molecule has 1 aliphatic heterocycles. The second-order valence-corrected chi connectivity index (χ2v) is 6.00. The number of hydrogen-bond donors (Lipinski definition) is 0. The first-order chi connectivity index (χ1) is 9.16. The van der Waals surface area contributed by atoms with Gasteiger partial charge >= 0.3 is 5.97 Å². The van der Waals surface area contributed by atoms with Crippen molar-refractivity contribution in [2.24, 2.45) is 5.92 Å². The van der Waals surface area contributed by atoms with Crippen LogP contribution in [-0.4, -0.2) is 17.5 Å². The number of benzene rings is 1. The van der Waals surface area contributed by atoms with Gasteiger partial charge in [-0.3, -0.25) is 0 Å². The molecule has 0 bridgehead atoms. The van der Waals surface area contributed by atoms with Crippen LogP contribution in [0.4, 0.5) is 0 Å². The molecule has 0 saturated heterocycles. The van der Waals surface area contributed by atoms with Crippen LogP contribution >= 0.6 is 11.6 Å². The van der Waals surface area contributed by atoms with Crippen LogP contribution in [0.15, 0.2) is 35.9 Å². The first-order valence-corrected chi connectivity index (χ1v) is 7.21. The molecule has 100 valence electrons. The van der Waals surface area contributed by atoms with E-state index in [0.29, 0.717) is 5.92 Å². The van der Waals surface area contributed by atoms with Gasteiger partial charge in [0.15, 0.2) is 0 Å². The lowest BCUT2D eigenvalue weighted by Gasteiger charge is -2.38. The van der Waals surface area contributed by atoms with Crippen molar-refractivity contribution in [2.75, 3.05) is 0 Å². The molecule has 1 fully saturated rings. The van der Waals surface area contributed by atoms with Gasteiger partial charge in [-0.25, -0.2) is 4.79 Å². The van der Waals surface area contributed by atoms with E-state index >= 15 is 0 Å². The second-order valence-electron chi connectivity index (χ2n) is 5.38. The van der Waals surface area contributed by atoms with Crippen LogP contribution in [-0.2, 0) is 9.53 Å². The number of fused-ring (bicyclic) bond motifs is 1. The molecule has 1 aromatic carbocycles. The van der Waals surface area contributed by atoms with Crippen LogP contribution in [0.3, 0.4) is 0 Å². The summed E-state index contributed by atoms with van der Waals surface area (Å²) < 4.78 is 5.62. The Morgan fingerprint density at radius 3 is 2.68 bits per heavy atom. The largest absolute Gasteiger partial charge is 0.458 e. The van der Waals surface area contributed by atoms with E-state index in [2.05, 4.69) is 6.92 Å². The maximum absolute atomic E-state index is 12.2. The fraction of sp³-hybridized carbons (Fsp3) is 0.438. The summed E-state index contributed by atoms with van der Waals surface area (Å²) in [5.41, 5.74) is 2.86. The Labute approximate surface area is 118 Å². The Morgan fingerprint density at radius 1 is 1.21 bits per heavy atom. The summed E-state index contributed by atoms with van der Waals surface area (Å²) in [6, 6.07) is 9.78. The summed E-state index contributed by atoms with van der Waals surface area (Å²) in [5, 5.41) is 0.139. The fourth-order valence-corrected chi connectivity index (χ4v) is 3.50. The van der Waals surface area contributed by atoms with Crippen molar-refractivity contribution in [3.05, 3.63) is 41.5 Å². The topological polar surface area (TPSA) is 26.3 Å². The Bertz CT molecular complexity index is 521. The molecule has 0 aromatic heterocycles. The number of halogens is 1. The third-order valence-electron chi connectivity index (χ3n) is 4.20. The molecular weight excluding hydrogens is 260 g/mol. The van der Waals surface area contributed by atoms with Gasteiger partial charge in [0.05, 0.1) is 5.57 Å². The molecule has 2 nitrogen and oxygen atoms in total. The predicted octanol–water partition coefficient (Wildman–Crippen LogP) is 3.79. The summed E-state index contributed by atoms with van der Waals surface area (Å²) in [5.74, 6) is 0.138. The van der Waals surface area contributed by atoms with Gasteiger partial charge in [-0.15, -0.1) is 11.6 Å². The van der Waals surface area contributed by atoms with Gasteiger partial charge in [0.25, 0.3) is 0 Å². The number of hydrogen-bond acceptors (Lipinski definition) is 2. The number of rotatable bonds is 1. The van der Waals surface area contributed by atoms with Crippen LogP contribution in [0.2, 0.25) is 0 Å². The Balaban J connectivity index is 2.00. The van der Waals surface area contributed by atoms with Crippen molar-refractivity contribution < 1.29 is 9.53 Å². The fourth-order valence-electron chi connectivity index (χ4n) is 3.20. The van der Waals surface area contributed by atoms with E-state index in [9.17, 15) is 4.79 Å². The minimum Gasteiger partial charge on any atom is -0.458 e. The van der Waals surface area contributed by atoms with Crippen LogP contribution in [0.1, 0.15) is 31.7 Å². The van der Waals surface area contributed by atoms with E-state index < -0.39 is 0 Å². The number of carbonyl (C=O) groups is 1. The smallest absolute Gasteiger partial charge is 0.338 e. The van der Waals surface area contributed by atoms with Crippen molar-refractivity contribution in [1.29, 1.82) is 0 Å². The number of esters is 1. The highest BCUT2D eigenvalue weighted by molar-refractivity contribution is 6.21. The highest BCUT2D eigenvalue weighted by Gasteiger charge is 2.39. The summed E-state index contributed by atoms with van der Waals surface area (Å²) in [6.45, 7) is 2.06. The molecule has 3 rings (SSSR count). The third kappa shape index (κ3) is 2.30. The molecule has 19 heavy (non-hydrogen) atoms. The standard InChI is InChI=1S/C16H17ClO2/c1-10-13-8-7-12(17)9-14(13)19-16(18)15(10)11-5-3-2-4-6-11/h2-6,12-14H,7-9H2,1H3/t12-,13+,14-/m1/s1. The molecule has 0 radical (unpaired) electrons. The molecule has 0 unspecified atom stereocenters. The summed E-state index contributed by atoms with van der Waals surface area (Å²) in [6.07, 6.45) is 2.75. The van der Waals surface area contributed by atoms with Crippen LogP contribution in [0.5, 0.6) is 0 Å². The second kappa shape index (κ2) is 5.01. The SMILES string of the molecule is CC1=C(c2ccccc2)C(=O)O[C@@H]2C[C@H](Cl)CC[C@@H]12. The zero-order valence-corrected chi connectivity index (χ0v) is 11.7. The van der Waals surface area contributed by atoms with Crippen molar-refractivity contribution >= 4 is 23.1 Å². The quantitative estimate of drug-likeness (QED) is 0.576. The average Bonchev–Trinajstić information content (AvgIpc) is 2.39. The Kier molecular flexibility index (Phi) is 3.36. The number of alkyl halides is 1. The zero-order chi connectivity index (χ0) is 13.4. The number of carbonyl (C=O) groups excluding carboxylic acids is 1. The van der Waals surface area contributed by atoms with Crippen LogP contribution in [0.25, 0.3) is 5.57 Å². The van der Waals surface area contributed by atoms with Gasteiger partial charge < -0.3 is 4.74 Å². The van der Waals surface area contributed by atoms with Gasteiger partial charge in [0.1, 0.15) is 6.10 Å². The Hall–Kier alpha value is -1.28. The molecule has 2 aliphatic rings. The third-order valence-corrected chi connectivity index (χ3v) is 4.60. The van der Waals surface area contributed by atoms with E-state index in [1.54, 1.807) is 0 Å². The highest BCUT2D eigenvalue weighted by atomic mass is 35.5. The first-order valence-electron chi connectivity index (χ1n) is 6.78. The molecule has 0 spiro atoms. The van der Waals surface area contributed by atoms with Gasteiger partial charge in [0, 0.05) is 17.7 Å². The molecule has 1 saturated carbocycles. The maximum atomic E-state index is 12.2. The molecule has 0 N–H and O–H groups in total. The molecule has 3 atom stereocenters. The Morgan fingerprint density at radius 2 is 1.95 bits per heavy atom. The van der Waals surface area contributed by atoms with Crippen molar-refractivity contribution in [2.45, 2.75) is 37.7 Å². The van der Waals surface area contributed by atoms with Gasteiger partial charge in [-0.1, -0.05) is 35.9 Å². The monoisotopic (exact) mass is 276 g/mol. The molecule has 3 heteroatoms. The van der Waals surface area contributed by atoms with E-state index in [0.717, 1.165) is 36.0 Å². The molecule has 1 aromatic rings.